The van der Waals surface area contributed by atoms with Crippen LogP contribution in [0.4, 0.5) is 0 Å². The molecule has 0 aliphatic carbocycles. The van der Waals surface area contributed by atoms with Gasteiger partial charge >= 0.3 is 11.9 Å². The summed E-state index contributed by atoms with van der Waals surface area (Å²) in [5.41, 5.74) is 1.67. The number of carbonyl (C=O) groups is 2. The molecule has 0 fully saturated rings. The summed E-state index contributed by atoms with van der Waals surface area (Å²) in [6, 6.07) is 9.48. The Balaban J connectivity index is 2.10. The fourth-order valence-corrected chi connectivity index (χ4v) is 1.75. The molecule has 0 unspecified atom stereocenters. The van der Waals surface area contributed by atoms with E-state index < -0.39 is 11.9 Å². The molecule has 1 amide bonds. The predicted molar refractivity (Wildman–Crippen MR) is 70.2 cm³/mol. The Bertz CT molecular complexity index is 605. The van der Waals surface area contributed by atoms with Crippen molar-refractivity contribution in [2.24, 2.45) is 0 Å². The van der Waals surface area contributed by atoms with Gasteiger partial charge in [0.25, 0.3) is 0 Å². The predicted octanol–water partition coefficient (Wildman–Crippen LogP) is 1.41. The van der Waals surface area contributed by atoms with Crippen LogP contribution in [-0.4, -0.2) is 23.5 Å². The Morgan fingerprint density at radius 2 is 2.05 bits per heavy atom. The van der Waals surface area contributed by atoms with Crippen molar-refractivity contribution in [2.75, 3.05) is 6.61 Å². The molecule has 0 saturated heterocycles. The van der Waals surface area contributed by atoms with Crippen LogP contribution < -0.4 is 5.32 Å². The van der Waals surface area contributed by atoms with Gasteiger partial charge in [0.2, 0.25) is 0 Å². The summed E-state index contributed by atoms with van der Waals surface area (Å²) in [7, 11) is 0. The lowest BCUT2D eigenvalue weighted by Gasteiger charge is -2.07. The minimum absolute atomic E-state index is 0.183. The van der Waals surface area contributed by atoms with Crippen LogP contribution in [0.5, 0.6) is 0 Å². The van der Waals surface area contributed by atoms with Crippen molar-refractivity contribution in [3.05, 3.63) is 42.1 Å². The molecule has 5 nitrogen and oxygen atoms in total. The average molecular weight is 258 g/mol. The number of rotatable bonds is 3. The SMILES string of the molecule is CCOC(=O)C(=O)NCc1cccc2cccnc12. The lowest BCUT2D eigenvalue weighted by Crippen LogP contribution is -2.32. The summed E-state index contributed by atoms with van der Waals surface area (Å²) in [4.78, 5) is 26.9. The molecule has 0 atom stereocenters. The third-order valence-corrected chi connectivity index (χ3v) is 2.62. The topological polar surface area (TPSA) is 68.3 Å². The molecule has 19 heavy (non-hydrogen) atoms. The normalized spacial score (nSPS) is 10.2. The zero-order chi connectivity index (χ0) is 13.7. The van der Waals surface area contributed by atoms with E-state index in [1.807, 2.05) is 30.3 Å². The Hall–Kier alpha value is -2.43. The van der Waals surface area contributed by atoms with Crippen LogP contribution in [0.15, 0.2) is 36.5 Å². The van der Waals surface area contributed by atoms with Crippen LogP contribution in [0, 0.1) is 0 Å². The second kappa shape index (κ2) is 5.95. The third-order valence-electron chi connectivity index (χ3n) is 2.62. The monoisotopic (exact) mass is 258 g/mol. The average Bonchev–Trinajstić information content (AvgIpc) is 2.45. The first-order valence-corrected chi connectivity index (χ1v) is 6.00. The van der Waals surface area contributed by atoms with E-state index in [4.69, 9.17) is 0 Å². The highest BCUT2D eigenvalue weighted by atomic mass is 16.5. The standard InChI is InChI=1S/C14H14N2O3/c1-2-19-14(18)13(17)16-9-11-6-3-5-10-7-4-8-15-12(10)11/h3-8H,2,9H2,1H3,(H,16,17). The maximum absolute atomic E-state index is 11.4. The Kier molecular flexibility index (Phi) is 4.07. The van der Waals surface area contributed by atoms with Crippen LogP contribution in [-0.2, 0) is 20.9 Å². The number of nitrogens with one attached hydrogen (secondary N) is 1. The van der Waals surface area contributed by atoms with Crippen LogP contribution in [0.2, 0.25) is 0 Å². The van der Waals surface area contributed by atoms with Crippen molar-refractivity contribution in [1.29, 1.82) is 0 Å². The van der Waals surface area contributed by atoms with E-state index in [0.29, 0.717) is 0 Å². The van der Waals surface area contributed by atoms with Crippen LogP contribution in [0.3, 0.4) is 0 Å². The quantitative estimate of drug-likeness (QED) is 0.667. The molecule has 0 aliphatic rings. The number of aromatic nitrogens is 1. The lowest BCUT2D eigenvalue weighted by molar-refractivity contribution is -0.154. The van der Waals surface area contributed by atoms with Gasteiger partial charge in [-0.3, -0.25) is 9.78 Å². The highest BCUT2D eigenvalue weighted by Crippen LogP contribution is 2.15. The Labute approximate surface area is 110 Å². The summed E-state index contributed by atoms with van der Waals surface area (Å²) in [5.74, 6) is -1.61. The van der Waals surface area contributed by atoms with E-state index in [1.54, 1.807) is 13.1 Å². The smallest absolute Gasteiger partial charge is 0.396 e. The first kappa shape index (κ1) is 13.0. The highest BCUT2D eigenvalue weighted by Gasteiger charge is 2.14. The van der Waals surface area contributed by atoms with Gasteiger partial charge in [0, 0.05) is 18.1 Å². The van der Waals surface area contributed by atoms with Crippen molar-refractivity contribution in [2.45, 2.75) is 13.5 Å². The molecule has 0 spiro atoms. The van der Waals surface area contributed by atoms with Crippen molar-refractivity contribution in [3.63, 3.8) is 0 Å². The molecule has 0 radical (unpaired) electrons. The molecule has 98 valence electrons. The molecular formula is C14H14N2O3. The summed E-state index contributed by atoms with van der Waals surface area (Å²) < 4.78 is 4.61. The number of esters is 1. The van der Waals surface area contributed by atoms with Gasteiger partial charge < -0.3 is 10.1 Å². The van der Waals surface area contributed by atoms with E-state index in [0.717, 1.165) is 16.5 Å². The lowest BCUT2D eigenvalue weighted by atomic mass is 10.1. The van der Waals surface area contributed by atoms with Gasteiger partial charge in [0.15, 0.2) is 0 Å². The van der Waals surface area contributed by atoms with E-state index in [-0.39, 0.29) is 13.2 Å². The molecule has 0 bridgehead atoms. The number of benzene rings is 1. The molecule has 1 aromatic heterocycles. The minimum Gasteiger partial charge on any atom is -0.459 e. The summed E-state index contributed by atoms with van der Waals surface area (Å²) in [6.07, 6.45) is 1.69. The number of pyridine rings is 1. The van der Waals surface area contributed by atoms with Crippen LogP contribution >= 0.6 is 0 Å². The number of carbonyl (C=O) groups excluding carboxylic acids is 2. The number of ether oxygens (including phenoxy) is 1. The van der Waals surface area contributed by atoms with Gasteiger partial charge in [-0.25, -0.2) is 4.79 Å². The third kappa shape index (κ3) is 3.07. The van der Waals surface area contributed by atoms with Crippen molar-refractivity contribution >= 4 is 22.8 Å². The second-order valence-electron chi connectivity index (χ2n) is 3.90. The van der Waals surface area contributed by atoms with Gasteiger partial charge in [-0.05, 0) is 18.6 Å². The summed E-state index contributed by atoms with van der Waals surface area (Å²) in [5, 5.41) is 3.51. The Morgan fingerprint density at radius 1 is 1.26 bits per heavy atom. The van der Waals surface area contributed by atoms with Gasteiger partial charge in [-0.15, -0.1) is 0 Å². The molecule has 2 rings (SSSR count). The molecule has 5 heteroatoms. The van der Waals surface area contributed by atoms with E-state index >= 15 is 0 Å². The Morgan fingerprint density at radius 3 is 2.84 bits per heavy atom. The maximum Gasteiger partial charge on any atom is 0.396 e. The molecule has 1 aromatic carbocycles. The van der Waals surface area contributed by atoms with Crippen LogP contribution in [0.25, 0.3) is 10.9 Å². The zero-order valence-corrected chi connectivity index (χ0v) is 10.6. The highest BCUT2D eigenvalue weighted by molar-refractivity contribution is 6.32. The largest absolute Gasteiger partial charge is 0.459 e. The van der Waals surface area contributed by atoms with Crippen molar-refractivity contribution < 1.29 is 14.3 Å². The minimum atomic E-state index is -0.865. The van der Waals surface area contributed by atoms with Gasteiger partial charge in [0.05, 0.1) is 12.1 Å². The van der Waals surface area contributed by atoms with E-state index in [1.165, 1.54) is 0 Å². The number of nitrogens with zero attached hydrogens (tertiary/aromatic N) is 1. The molecule has 1 heterocycles. The zero-order valence-electron chi connectivity index (χ0n) is 10.6. The molecule has 1 N–H and O–H groups in total. The molecule has 0 saturated carbocycles. The fraction of sp³-hybridized carbons (Fsp3) is 0.214. The fourth-order valence-electron chi connectivity index (χ4n) is 1.75. The summed E-state index contributed by atoms with van der Waals surface area (Å²) >= 11 is 0. The molecule has 0 aliphatic heterocycles. The van der Waals surface area contributed by atoms with Crippen molar-refractivity contribution in [3.8, 4) is 0 Å². The molecular weight excluding hydrogens is 244 g/mol. The number of para-hydroxylation sites is 1. The van der Waals surface area contributed by atoms with Gasteiger partial charge in [0.1, 0.15) is 0 Å². The number of fused-ring (bicyclic) bond motifs is 1. The molecule has 2 aromatic rings. The van der Waals surface area contributed by atoms with Gasteiger partial charge in [-0.1, -0.05) is 24.3 Å². The van der Waals surface area contributed by atoms with Crippen molar-refractivity contribution in [1.82, 2.24) is 10.3 Å². The van der Waals surface area contributed by atoms with E-state index in [2.05, 4.69) is 15.0 Å². The number of hydrogen-bond acceptors (Lipinski definition) is 4. The van der Waals surface area contributed by atoms with Gasteiger partial charge in [-0.2, -0.15) is 0 Å². The first-order chi connectivity index (χ1) is 9.22. The maximum atomic E-state index is 11.4. The second-order valence-corrected chi connectivity index (χ2v) is 3.90. The number of hydrogen-bond donors (Lipinski definition) is 1. The summed E-state index contributed by atoms with van der Waals surface area (Å²) in [6.45, 7) is 2.08. The van der Waals surface area contributed by atoms with E-state index in [9.17, 15) is 9.59 Å². The number of amides is 1. The van der Waals surface area contributed by atoms with Crippen LogP contribution in [0.1, 0.15) is 12.5 Å². The first-order valence-electron chi connectivity index (χ1n) is 6.00.